The molecule has 0 aliphatic carbocycles. The van der Waals surface area contributed by atoms with Gasteiger partial charge in [0.05, 0.1) is 25.9 Å². The molecule has 12 N–H and O–H groups in total. The van der Waals surface area contributed by atoms with Crippen molar-refractivity contribution in [2.75, 3.05) is 19.8 Å². The van der Waals surface area contributed by atoms with Crippen molar-refractivity contribution in [2.24, 2.45) is 0 Å². The van der Waals surface area contributed by atoms with Crippen molar-refractivity contribution in [1.82, 2.24) is 0 Å². The maximum Gasteiger partial charge on any atom is 0.331 e. The molecule has 0 radical (unpaired) electrons. The molecule has 0 bridgehead atoms. The molecule has 0 unspecified atom stereocenters. The number of phenols is 4. The van der Waals surface area contributed by atoms with Crippen molar-refractivity contribution in [3.8, 4) is 23.0 Å². The summed E-state index contributed by atoms with van der Waals surface area (Å²) in [6.07, 6.45) is -22.2. The third kappa shape index (κ3) is 10.0. The Morgan fingerprint density at radius 2 is 1.31 bits per heavy atom. The standard InChI is InChI=1S/C35H46O20/c1-14-24(42)26(44)28(46)35(51-14)55-32-25(43)21(12-36)52-34(30(32)48)50-13-22-31(54-23(41)7-4-15-2-5-17(37)19(39)10-15)27(45)29(47)33(53-22)49-9-8-16-3-6-18(38)20(40)11-16/h2-7,10-11,14,21-22,24-40,42-48H,8-9,12-13H2,1H3/t14-,21+,22+,24-,25+,26+,27+,28+,29+,30+,31+,32-,33+,34+,35-/m0/s1. The Balaban J connectivity index is 1.31. The lowest BCUT2D eigenvalue weighted by Crippen LogP contribution is -2.65. The Morgan fingerprint density at radius 3 is 1.98 bits per heavy atom. The van der Waals surface area contributed by atoms with Crippen LogP contribution < -0.4 is 0 Å². The number of aliphatic hydroxyl groups excluding tert-OH is 8. The molecule has 3 heterocycles. The maximum absolute atomic E-state index is 12.9. The summed E-state index contributed by atoms with van der Waals surface area (Å²) in [4.78, 5) is 12.9. The summed E-state index contributed by atoms with van der Waals surface area (Å²) >= 11 is 0. The zero-order valence-electron chi connectivity index (χ0n) is 29.2. The fraction of sp³-hybridized carbons (Fsp3) is 0.571. The summed E-state index contributed by atoms with van der Waals surface area (Å²) in [5.74, 6) is -2.61. The van der Waals surface area contributed by atoms with Gasteiger partial charge in [0.25, 0.3) is 0 Å². The zero-order chi connectivity index (χ0) is 40.1. The van der Waals surface area contributed by atoms with Gasteiger partial charge in [-0.1, -0.05) is 12.1 Å². The van der Waals surface area contributed by atoms with Crippen LogP contribution in [0, 0.1) is 0 Å². The first-order chi connectivity index (χ1) is 26.1. The minimum atomic E-state index is -1.88. The molecule has 0 aromatic heterocycles. The molecule has 2 aromatic rings. The molecule has 0 saturated carbocycles. The third-order valence-corrected chi connectivity index (χ3v) is 9.36. The molecule has 0 amide bonds. The molecule has 0 spiro atoms. The minimum Gasteiger partial charge on any atom is -0.504 e. The molecule has 2 aromatic carbocycles. The normalized spacial score (nSPS) is 36.9. The molecule has 5 rings (SSSR count). The van der Waals surface area contributed by atoms with Crippen LogP contribution in [0.5, 0.6) is 23.0 Å². The molecule has 55 heavy (non-hydrogen) atoms. The molecule has 3 aliphatic rings. The van der Waals surface area contributed by atoms with Crippen molar-refractivity contribution in [3.63, 3.8) is 0 Å². The van der Waals surface area contributed by atoms with Gasteiger partial charge in [-0.2, -0.15) is 0 Å². The lowest BCUT2D eigenvalue weighted by molar-refractivity contribution is -0.363. The molecule has 20 heteroatoms. The molecular weight excluding hydrogens is 740 g/mol. The highest BCUT2D eigenvalue weighted by atomic mass is 16.7. The summed E-state index contributed by atoms with van der Waals surface area (Å²) < 4.78 is 39.3. The maximum atomic E-state index is 12.9. The highest BCUT2D eigenvalue weighted by Gasteiger charge is 2.52. The van der Waals surface area contributed by atoms with Crippen LogP contribution in [0.2, 0.25) is 0 Å². The number of carbonyl (C=O) groups excluding carboxylic acids is 1. The van der Waals surface area contributed by atoms with E-state index in [2.05, 4.69) is 0 Å². The van der Waals surface area contributed by atoms with Gasteiger partial charge in [-0.3, -0.25) is 0 Å². The van der Waals surface area contributed by atoms with E-state index in [0.717, 1.165) is 12.1 Å². The summed E-state index contributed by atoms with van der Waals surface area (Å²) in [6.45, 7) is -0.240. The van der Waals surface area contributed by atoms with E-state index in [4.69, 9.17) is 33.2 Å². The number of hydrogen-bond donors (Lipinski definition) is 12. The van der Waals surface area contributed by atoms with E-state index in [1.165, 1.54) is 43.3 Å². The smallest absolute Gasteiger partial charge is 0.331 e. The van der Waals surface area contributed by atoms with E-state index in [1.54, 1.807) is 0 Å². The highest BCUT2D eigenvalue weighted by Crippen LogP contribution is 2.32. The number of phenolic OH excluding ortho intramolecular Hbond substituents is 4. The molecular formula is C35H46O20. The number of benzene rings is 2. The van der Waals surface area contributed by atoms with Gasteiger partial charge in [0, 0.05) is 6.08 Å². The Kier molecular flexibility index (Phi) is 14.3. The lowest BCUT2D eigenvalue weighted by Gasteiger charge is -2.46. The predicted molar refractivity (Wildman–Crippen MR) is 180 cm³/mol. The average molecular weight is 787 g/mol. The van der Waals surface area contributed by atoms with Gasteiger partial charge >= 0.3 is 5.97 Å². The number of rotatable bonds is 13. The van der Waals surface area contributed by atoms with Crippen molar-refractivity contribution in [2.45, 2.75) is 105 Å². The second-order valence-corrected chi connectivity index (χ2v) is 13.3. The van der Waals surface area contributed by atoms with Gasteiger partial charge in [-0.05, 0) is 54.8 Å². The lowest BCUT2D eigenvalue weighted by atomic mass is 9.97. The average Bonchev–Trinajstić information content (AvgIpc) is 3.16. The van der Waals surface area contributed by atoms with Gasteiger partial charge in [0.15, 0.2) is 48.0 Å². The van der Waals surface area contributed by atoms with E-state index in [-0.39, 0.29) is 30.1 Å². The van der Waals surface area contributed by atoms with Crippen molar-refractivity contribution >= 4 is 12.0 Å². The van der Waals surface area contributed by atoms with Crippen molar-refractivity contribution < 1.29 is 99.2 Å². The van der Waals surface area contributed by atoms with Gasteiger partial charge in [-0.15, -0.1) is 0 Å². The summed E-state index contributed by atoms with van der Waals surface area (Å²) in [5.41, 5.74) is 0.823. The van der Waals surface area contributed by atoms with Crippen LogP contribution in [0.4, 0.5) is 0 Å². The quantitative estimate of drug-likeness (QED) is 0.0541. The Labute approximate surface area is 313 Å². The number of ether oxygens (including phenoxy) is 7. The predicted octanol–water partition coefficient (Wildman–Crippen LogP) is -3.19. The highest BCUT2D eigenvalue weighted by molar-refractivity contribution is 5.87. The number of hydrogen-bond acceptors (Lipinski definition) is 20. The number of carbonyl (C=O) groups is 1. The second kappa shape index (κ2) is 18.5. The van der Waals surface area contributed by atoms with Crippen LogP contribution in [0.1, 0.15) is 18.1 Å². The monoisotopic (exact) mass is 786 g/mol. The van der Waals surface area contributed by atoms with Gasteiger partial charge < -0.3 is 94.4 Å². The topological polar surface area (TPSA) is 324 Å². The van der Waals surface area contributed by atoms with Crippen LogP contribution in [0.3, 0.4) is 0 Å². The zero-order valence-corrected chi connectivity index (χ0v) is 29.2. The first-order valence-corrected chi connectivity index (χ1v) is 17.2. The summed E-state index contributed by atoms with van der Waals surface area (Å²) in [7, 11) is 0. The van der Waals surface area contributed by atoms with Crippen LogP contribution in [0.25, 0.3) is 6.08 Å². The minimum absolute atomic E-state index is 0.141. The van der Waals surface area contributed by atoms with E-state index in [9.17, 15) is 66.1 Å². The van der Waals surface area contributed by atoms with E-state index >= 15 is 0 Å². The molecule has 15 atom stereocenters. The van der Waals surface area contributed by atoms with E-state index in [0.29, 0.717) is 5.56 Å². The Hall–Kier alpha value is -3.71. The van der Waals surface area contributed by atoms with Crippen LogP contribution in [-0.2, 0) is 44.4 Å². The molecule has 3 saturated heterocycles. The number of aliphatic hydroxyl groups is 8. The second-order valence-electron chi connectivity index (χ2n) is 13.3. The van der Waals surface area contributed by atoms with Gasteiger partial charge in [-0.25, -0.2) is 4.79 Å². The van der Waals surface area contributed by atoms with Crippen LogP contribution >= 0.6 is 0 Å². The first-order valence-electron chi connectivity index (χ1n) is 17.2. The van der Waals surface area contributed by atoms with Crippen LogP contribution in [-0.4, -0.2) is 179 Å². The number of esters is 1. The third-order valence-electron chi connectivity index (χ3n) is 9.36. The summed E-state index contributed by atoms with van der Waals surface area (Å²) in [5, 5.41) is 123. The van der Waals surface area contributed by atoms with Gasteiger partial charge in [0.1, 0.15) is 61.0 Å². The SMILES string of the molecule is C[C@@H]1O[C@@H](O[C@@H]2[C@@H](O)[C@H](OC[C@H]3O[C@@H](OCCc4ccc(O)c(O)c4)[C@H](O)[C@@H](O)[C@@H]3OC(=O)C=Cc3ccc(O)c(O)c3)O[C@H](CO)[C@H]2O)[C@H](O)[C@H](O)[C@H]1O. The van der Waals surface area contributed by atoms with Crippen molar-refractivity contribution in [1.29, 1.82) is 0 Å². The molecule has 3 aliphatic heterocycles. The first kappa shape index (κ1) is 42.4. The van der Waals surface area contributed by atoms with Crippen LogP contribution in [0.15, 0.2) is 42.5 Å². The fourth-order valence-corrected chi connectivity index (χ4v) is 6.14. The fourth-order valence-electron chi connectivity index (χ4n) is 6.14. The Bertz CT molecular complexity index is 1610. The largest absolute Gasteiger partial charge is 0.504 e. The molecule has 3 fully saturated rings. The van der Waals surface area contributed by atoms with E-state index in [1.807, 2.05) is 0 Å². The number of aromatic hydroxyl groups is 4. The molecule has 306 valence electrons. The molecule has 20 nitrogen and oxygen atoms in total. The Morgan fingerprint density at radius 1 is 0.673 bits per heavy atom. The van der Waals surface area contributed by atoms with Gasteiger partial charge in [0.2, 0.25) is 0 Å². The summed E-state index contributed by atoms with van der Waals surface area (Å²) in [6, 6.07) is 7.80. The van der Waals surface area contributed by atoms with E-state index < -0.39 is 123 Å². The van der Waals surface area contributed by atoms with Crippen molar-refractivity contribution in [3.05, 3.63) is 53.6 Å².